The normalized spacial score (nSPS) is 10.1. The molecule has 0 radical (unpaired) electrons. The van der Waals surface area contributed by atoms with E-state index in [-0.39, 0.29) is 17.3 Å². The largest absolute Gasteiger partial charge is 0.457 e. The van der Waals surface area contributed by atoms with Crippen molar-refractivity contribution >= 4 is 17.4 Å². The Balaban J connectivity index is 1.57. The molecule has 4 rings (SSSR count). The summed E-state index contributed by atoms with van der Waals surface area (Å²) in [6, 6.07) is 25.1. The highest BCUT2D eigenvalue weighted by molar-refractivity contribution is 6.06. The minimum atomic E-state index is -0.591. The van der Waals surface area contributed by atoms with Crippen LogP contribution in [-0.4, -0.2) is 15.9 Å². The van der Waals surface area contributed by atoms with Crippen LogP contribution in [0.4, 0.5) is 11.5 Å². The van der Waals surface area contributed by atoms with E-state index in [1.165, 1.54) is 6.33 Å². The number of nitriles is 1. The lowest BCUT2D eigenvalue weighted by Crippen LogP contribution is -2.12. The predicted molar refractivity (Wildman–Crippen MR) is 128 cm³/mol. The molecular formula is C26H19N5O3. The molecule has 8 nitrogen and oxygen atoms in total. The van der Waals surface area contributed by atoms with Gasteiger partial charge in [0.15, 0.2) is 0 Å². The Kier molecular flexibility index (Phi) is 6.47. The Morgan fingerprint density at radius 2 is 1.59 bits per heavy atom. The number of nitrogen functional groups attached to an aromatic ring is 1. The minimum Gasteiger partial charge on any atom is -0.457 e. The lowest BCUT2D eigenvalue weighted by molar-refractivity contribution is -0.112. The van der Waals surface area contributed by atoms with Crippen molar-refractivity contribution in [2.75, 3.05) is 11.1 Å². The van der Waals surface area contributed by atoms with Crippen LogP contribution in [0.15, 0.2) is 97.3 Å². The first-order valence-electron chi connectivity index (χ1n) is 10.2. The first-order valence-corrected chi connectivity index (χ1v) is 10.2. The number of carbonyl (C=O) groups excluding carboxylic acids is 1. The van der Waals surface area contributed by atoms with E-state index < -0.39 is 5.91 Å². The highest BCUT2D eigenvalue weighted by Crippen LogP contribution is 2.36. The van der Waals surface area contributed by atoms with E-state index >= 15 is 0 Å². The number of para-hydroxylation sites is 1. The van der Waals surface area contributed by atoms with Gasteiger partial charge in [-0.2, -0.15) is 5.26 Å². The second-order valence-electron chi connectivity index (χ2n) is 7.05. The lowest BCUT2D eigenvalue weighted by atomic mass is 10.1. The van der Waals surface area contributed by atoms with Crippen LogP contribution in [0.5, 0.6) is 23.1 Å². The Hall–Kier alpha value is -5.16. The zero-order valence-electron chi connectivity index (χ0n) is 17.9. The number of nitrogens with zero attached hydrogens (tertiary/aromatic N) is 3. The minimum absolute atomic E-state index is 0.198. The highest BCUT2D eigenvalue weighted by atomic mass is 16.5. The molecule has 166 valence electrons. The molecule has 0 spiro atoms. The molecule has 0 saturated heterocycles. The number of hydrogen-bond donors (Lipinski definition) is 2. The third-order valence-corrected chi connectivity index (χ3v) is 4.68. The summed E-state index contributed by atoms with van der Waals surface area (Å²) in [7, 11) is 0. The van der Waals surface area contributed by atoms with Gasteiger partial charge in [-0.1, -0.05) is 36.9 Å². The Labute approximate surface area is 195 Å². The van der Waals surface area contributed by atoms with Crippen molar-refractivity contribution < 1.29 is 14.3 Å². The molecule has 0 fully saturated rings. The van der Waals surface area contributed by atoms with Gasteiger partial charge in [0, 0.05) is 5.69 Å². The maximum absolute atomic E-state index is 12.0. The number of benzene rings is 3. The first-order chi connectivity index (χ1) is 16.5. The van der Waals surface area contributed by atoms with E-state index in [9.17, 15) is 4.79 Å². The van der Waals surface area contributed by atoms with Crippen molar-refractivity contribution in [3.8, 4) is 40.3 Å². The number of hydrogen-bond acceptors (Lipinski definition) is 7. The molecule has 34 heavy (non-hydrogen) atoms. The third-order valence-electron chi connectivity index (χ3n) is 4.68. The third kappa shape index (κ3) is 5.18. The van der Waals surface area contributed by atoms with Gasteiger partial charge in [-0.25, -0.2) is 9.97 Å². The summed E-state index contributed by atoms with van der Waals surface area (Å²) in [5, 5.41) is 11.5. The summed E-state index contributed by atoms with van der Waals surface area (Å²) in [5.41, 5.74) is 7.48. The average Bonchev–Trinajstić information content (AvgIpc) is 2.85. The maximum atomic E-state index is 12.0. The standard InChI is InChI=1S/C26H19N5O3/c1-17(15-27)25(32)31-19-7-5-6-18(14-19)23-24(28)29-16-30-26(23)34-22-12-10-21(11-13-22)33-20-8-3-2-4-9-20/h2-14,16H,1H2,(H,31,32)(H2,28,29,30). The monoisotopic (exact) mass is 449 g/mol. The molecule has 8 heteroatoms. The van der Waals surface area contributed by atoms with Gasteiger partial charge in [0.2, 0.25) is 5.88 Å². The van der Waals surface area contributed by atoms with Gasteiger partial charge in [-0.3, -0.25) is 4.79 Å². The molecule has 0 saturated carbocycles. The fourth-order valence-electron chi connectivity index (χ4n) is 3.05. The van der Waals surface area contributed by atoms with Crippen molar-refractivity contribution in [3.05, 3.63) is 97.3 Å². The highest BCUT2D eigenvalue weighted by Gasteiger charge is 2.15. The van der Waals surface area contributed by atoms with Crippen molar-refractivity contribution in [3.63, 3.8) is 0 Å². The number of nitrogens with one attached hydrogen (secondary N) is 1. The van der Waals surface area contributed by atoms with Gasteiger partial charge >= 0.3 is 0 Å². The topological polar surface area (TPSA) is 123 Å². The molecule has 0 aliphatic heterocycles. The van der Waals surface area contributed by atoms with Gasteiger partial charge in [0.1, 0.15) is 41.0 Å². The molecule has 1 aromatic heterocycles. The van der Waals surface area contributed by atoms with Crippen LogP contribution >= 0.6 is 0 Å². The molecule has 0 bridgehead atoms. The SMILES string of the molecule is C=C(C#N)C(=O)Nc1cccc(-c2c(N)ncnc2Oc2ccc(Oc3ccccc3)cc2)c1. The lowest BCUT2D eigenvalue weighted by Gasteiger charge is -2.13. The fraction of sp³-hybridized carbons (Fsp3) is 0. The van der Waals surface area contributed by atoms with Crippen LogP contribution in [0.1, 0.15) is 0 Å². The fourth-order valence-corrected chi connectivity index (χ4v) is 3.05. The van der Waals surface area contributed by atoms with Crippen molar-refractivity contribution in [2.45, 2.75) is 0 Å². The molecule has 0 atom stereocenters. The molecule has 0 unspecified atom stereocenters. The van der Waals surface area contributed by atoms with Crippen molar-refractivity contribution in [2.24, 2.45) is 0 Å². The van der Waals surface area contributed by atoms with E-state index in [0.717, 1.165) is 5.75 Å². The van der Waals surface area contributed by atoms with Gasteiger partial charge in [-0.15, -0.1) is 0 Å². The Morgan fingerprint density at radius 3 is 2.29 bits per heavy atom. The van der Waals surface area contributed by atoms with E-state index in [1.807, 2.05) is 30.3 Å². The van der Waals surface area contributed by atoms with E-state index in [2.05, 4.69) is 21.9 Å². The molecule has 3 N–H and O–H groups in total. The second-order valence-corrected chi connectivity index (χ2v) is 7.05. The number of nitrogens with two attached hydrogens (primary N) is 1. The molecule has 0 aliphatic rings. The Morgan fingerprint density at radius 1 is 0.912 bits per heavy atom. The molecule has 3 aromatic carbocycles. The zero-order valence-corrected chi connectivity index (χ0v) is 17.9. The summed E-state index contributed by atoms with van der Waals surface area (Å²) in [6.45, 7) is 3.41. The summed E-state index contributed by atoms with van der Waals surface area (Å²) in [5.74, 6) is 1.77. The van der Waals surface area contributed by atoms with Crippen LogP contribution < -0.4 is 20.5 Å². The summed E-state index contributed by atoms with van der Waals surface area (Å²) < 4.78 is 11.8. The summed E-state index contributed by atoms with van der Waals surface area (Å²) in [4.78, 5) is 20.3. The van der Waals surface area contributed by atoms with Crippen molar-refractivity contribution in [1.29, 1.82) is 5.26 Å². The number of ether oxygens (including phenoxy) is 2. The van der Waals surface area contributed by atoms with Crippen molar-refractivity contribution in [1.82, 2.24) is 9.97 Å². The van der Waals surface area contributed by atoms with Crippen LogP contribution in [-0.2, 0) is 4.79 Å². The quantitative estimate of drug-likeness (QED) is 0.289. The van der Waals surface area contributed by atoms with Gasteiger partial charge in [0.05, 0.1) is 5.56 Å². The number of aromatic nitrogens is 2. The van der Waals surface area contributed by atoms with E-state index in [1.54, 1.807) is 54.6 Å². The van der Waals surface area contributed by atoms with E-state index in [4.69, 9.17) is 20.5 Å². The smallest absolute Gasteiger partial charge is 0.265 e. The zero-order chi connectivity index (χ0) is 23.9. The van der Waals surface area contributed by atoms with Crippen LogP contribution in [0.2, 0.25) is 0 Å². The summed E-state index contributed by atoms with van der Waals surface area (Å²) in [6.07, 6.45) is 1.31. The maximum Gasteiger partial charge on any atom is 0.265 e. The average molecular weight is 449 g/mol. The first kappa shape index (κ1) is 22.0. The number of anilines is 2. The van der Waals surface area contributed by atoms with E-state index in [0.29, 0.717) is 28.3 Å². The van der Waals surface area contributed by atoms with Crippen LogP contribution in [0, 0.1) is 11.3 Å². The van der Waals surface area contributed by atoms with Crippen LogP contribution in [0.3, 0.4) is 0 Å². The molecule has 1 amide bonds. The number of rotatable bonds is 7. The Bertz CT molecular complexity index is 1380. The predicted octanol–water partition coefficient (Wildman–Crippen LogP) is 5.33. The molecule has 0 aliphatic carbocycles. The van der Waals surface area contributed by atoms with Gasteiger partial charge in [-0.05, 0) is 54.1 Å². The van der Waals surface area contributed by atoms with Crippen LogP contribution in [0.25, 0.3) is 11.1 Å². The number of amides is 1. The molecular weight excluding hydrogens is 430 g/mol. The van der Waals surface area contributed by atoms with Gasteiger partial charge < -0.3 is 20.5 Å². The second kappa shape index (κ2) is 9.97. The number of carbonyl (C=O) groups is 1. The molecule has 4 aromatic rings. The van der Waals surface area contributed by atoms with Gasteiger partial charge in [0.25, 0.3) is 5.91 Å². The molecule has 1 heterocycles. The summed E-state index contributed by atoms with van der Waals surface area (Å²) >= 11 is 0.